The molecule has 0 amide bonds. The minimum atomic E-state index is -3.68. The van der Waals surface area contributed by atoms with Crippen LogP contribution >= 0.6 is 11.6 Å². The van der Waals surface area contributed by atoms with E-state index in [9.17, 15) is 8.42 Å². The zero-order valence-electron chi connectivity index (χ0n) is 14.7. The molecule has 1 N–H and O–H groups in total. The fourth-order valence-corrected chi connectivity index (χ4v) is 5.39. The molecular weight excluding hydrogens is 378 g/mol. The Hall–Kier alpha value is -2.56. The number of aromatic nitrogens is 1. The van der Waals surface area contributed by atoms with Gasteiger partial charge in [0.05, 0.1) is 4.90 Å². The van der Waals surface area contributed by atoms with Crippen molar-refractivity contribution in [1.29, 1.82) is 0 Å². The van der Waals surface area contributed by atoms with Gasteiger partial charge in [0, 0.05) is 27.7 Å². The SMILES string of the molecule is Cc1ccc(S(=O)(=O)C(c2cccc(Cl)c2)c2c[nH]c3ccccc23)cc1. The lowest BCUT2D eigenvalue weighted by Gasteiger charge is -2.19. The summed E-state index contributed by atoms with van der Waals surface area (Å²) in [4.78, 5) is 3.48. The van der Waals surface area contributed by atoms with Crippen LogP contribution in [0.4, 0.5) is 0 Å². The Morgan fingerprint density at radius 3 is 2.41 bits per heavy atom. The number of halogens is 1. The highest BCUT2D eigenvalue weighted by Crippen LogP contribution is 2.39. The molecule has 3 aromatic carbocycles. The minimum Gasteiger partial charge on any atom is -0.361 e. The Morgan fingerprint density at radius 1 is 0.926 bits per heavy atom. The van der Waals surface area contributed by atoms with Crippen molar-refractivity contribution in [3.8, 4) is 0 Å². The number of rotatable bonds is 4. The second kappa shape index (κ2) is 6.87. The summed E-state index contributed by atoms with van der Waals surface area (Å²) < 4.78 is 27.3. The van der Waals surface area contributed by atoms with Crippen LogP contribution in [0.2, 0.25) is 5.02 Å². The highest BCUT2D eigenvalue weighted by Gasteiger charge is 2.32. The predicted molar refractivity (Wildman–Crippen MR) is 110 cm³/mol. The quantitative estimate of drug-likeness (QED) is 0.482. The maximum atomic E-state index is 13.6. The lowest BCUT2D eigenvalue weighted by molar-refractivity contribution is 0.589. The van der Waals surface area contributed by atoms with E-state index in [1.807, 2.05) is 49.4 Å². The molecule has 0 radical (unpaired) electrons. The molecule has 1 aromatic heterocycles. The maximum Gasteiger partial charge on any atom is 0.189 e. The Balaban J connectivity index is 1.98. The predicted octanol–water partition coefficient (Wildman–Crippen LogP) is 5.69. The fourth-order valence-electron chi connectivity index (χ4n) is 3.37. The van der Waals surface area contributed by atoms with E-state index in [4.69, 9.17) is 11.6 Å². The molecule has 4 aromatic rings. The van der Waals surface area contributed by atoms with E-state index in [0.29, 0.717) is 21.0 Å². The van der Waals surface area contributed by atoms with E-state index in [1.54, 1.807) is 36.5 Å². The number of hydrogen-bond acceptors (Lipinski definition) is 2. The van der Waals surface area contributed by atoms with E-state index in [-0.39, 0.29) is 0 Å². The van der Waals surface area contributed by atoms with E-state index < -0.39 is 15.1 Å². The fraction of sp³-hybridized carbons (Fsp3) is 0.0909. The number of para-hydroxylation sites is 1. The molecule has 0 fully saturated rings. The van der Waals surface area contributed by atoms with Crippen molar-refractivity contribution in [2.45, 2.75) is 17.1 Å². The first-order valence-electron chi connectivity index (χ1n) is 8.59. The maximum absolute atomic E-state index is 13.6. The number of nitrogens with one attached hydrogen (secondary N) is 1. The van der Waals surface area contributed by atoms with Crippen molar-refractivity contribution >= 4 is 32.3 Å². The van der Waals surface area contributed by atoms with Crippen LogP contribution in [0.1, 0.15) is 21.9 Å². The van der Waals surface area contributed by atoms with Crippen LogP contribution in [0, 0.1) is 6.92 Å². The molecule has 3 nitrogen and oxygen atoms in total. The number of hydrogen-bond donors (Lipinski definition) is 1. The molecule has 0 aliphatic rings. The van der Waals surface area contributed by atoms with Crippen molar-refractivity contribution < 1.29 is 8.42 Å². The highest BCUT2D eigenvalue weighted by atomic mass is 35.5. The first-order valence-corrected chi connectivity index (χ1v) is 10.5. The smallest absolute Gasteiger partial charge is 0.189 e. The minimum absolute atomic E-state index is 0.295. The monoisotopic (exact) mass is 395 g/mol. The second-order valence-corrected chi connectivity index (χ2v) is 9.05. The van der Waals surface area contributed by atoms with Gasteiger partial charge in [0.15, 0.2) is 9.84 Å². The average Bonchev–Trinajstić information content (AvgIpc) is 3.06. The summed E-state index contributed by atoms with van der Waals surface area (Å²) in [5.74, 6) is 0. The third-order valence-electron chi connectivity index (χ3n) is 4.71. The summed E-state index contributed by atoms with van der Waals surface area (Å²) in [5.41, 5.74) is 3.28. The topological polar surface area (TPSA) is 49.9 Å². The van der Waals surface area contributed by atoms with Crippen LogP contribution in [0.3, 0.4) is 0 Å². The highest BCUT2D eigenvalue weighted by molar-refractivity contribution is 7.92. The Kier molecular flexibility index (Phi) is 4.54. The molecule has 1 atom stereocenters. The molecule has 4 rings (SSSR count). The van der Waals surface area contributed by atoms with Gasteiger partial charge < -0.3 is 4.98 Å². The van der Waals surface area contributed by atoms with Crippen molar-refractivity contribution in [2.75, 3.05) is 0 Å². The van der Waals surface area contributed by atoms with E-state index in [0.717, 1.165) is 16.5 Å². The van der Waals surface area contributed by atoms with Crippen molar-refractivity contribution in [2.24, 2.45) is 0 Å². The van der Waals surface area contributed by atoms with E-state index in [2.05, 4.69) is 4.98 Å². The molecule has 27 heavy (non-hydrogen) atoms. The molecule has 0 bridgehead atoms. The number of sulfone groups is 1. The van der Waals surface area contributed by atoms with Crippen LogP contribution in [0.5, 0.6) is 0 Å². The normalized spacial score (nSPS) is 13.0. The number of aryl methyl sites for hydroxylation is 1. The first kappa shape index (κ1) is 17.8. The lowest BCUT2D eigenvalue weighted by atomic mass is 10.0. The van der Waals surface area contributed by atoms with Crippen LogP contribution in [0.15, 0.2) is 83.9 Å². The van der Waals surface area contributed by atoms with Gasteiger partial charge in [-0.15, -0.1) is 0 Å². The van der Waals surface area contributed by atoms with Gasteiger partial charge in [-0.05, 0) is 42.8 Å². The van der Waals surface area contributed by atoms with Crippen molar-refractivity contribution in [3.63, 3.8) is 0 Å². The Bertz CT molecular complexity index is 1210. The molecule has 0 aliphatic heterocycles. The molecule has 0 saturated carbocycles. The van der Waals surface area contributed by atoms with Gasteiger partial charge in [-0.2, -0.15) is 0 Å². The summed E-state index contributed by atoms with van der Waals surface area (Å²) in [7, 11) is -3.68. The van der Waals surface area contributed by atoms with Gasteiger partial charge in [-0.25, -0.2) is 8.42 Å². The number of H-pyrrole nitrogens is 1. The largest absolute Gasteiger partial charge is 0.361 e. The van der Waals surface area contributed by atoms with Crippen LogP contribution in [-0.2, 0) is 9.84 Å². The molecule has 5 heteroatoms. The van der Waals surface area contributed by atoms with Crippen LogP contribution < -0.4 is 0 Å². The summed E-state index contributed by atoms with van der Waals surface area (Å²) in [6.45, 7) is 1.94. The van der Waals surface area contributed by atoms with Crippen molar-refractivity contribution in [3.05, 3.63) is 101 Å². The van der Waals surface area contributed by atoms with Gasteiger partial charge in [0.1, 0.15) is 5.25 Å². The zero-order chi connectivity index (χ0) is 19.0. The molecule has 136 valence electrons. The molecular formula is C22H18ClNO2S. The van der Waals surface area contributed by atoms with Gasteiger partial charge >= 0.3 is 0 Å². The summed E-state index contributed by atoms with van der Waals surface area (Å²) in [6.07, 6.45) is 1.78. The lowest BCUT2D eigenvalue weighted by Crippen LogP contribution is -2.15. The van der Waals surface area contributed by atoms with Gasteiger partial charge in [0.25, 0.3) is 0 Å². The van der Waals surface area contributed by atoms with Gasteiger partial charge in [-0.3, -0.25) is 0 Å². The summed E-state index contributed by atoms with van der Waals surface area (Å²) >= 11 is 6.18. The molecule has 1 unspecified atom stereocenters. The van der Waals surface area contributed by atoms with Crippen LogP contribution in [-0.4, -0.2) is 13.4 Å². The zero-order valence-corrected chi connectivity index (χ0v) is 16.3. The van der Waals surface area contributed by atoms with Gasteiger partial charge in [0.2, 0.25) is 0 Å². The van der Waals surface area contributed by atoms with E-state index in [1.165, 1.54) is 0 Å². The van der Waals surface area contributed by atoms with E-state index >= 15 is 0 Å². The van der Waals surface area contributed by atoms with Gasteiger partial charge in [-0.1, -0.05) is 59.6 Å². The average molecular weight is 396 g/mol. The number of fused-ring (bicyclic) bond motifs is 1. The standard InChI is InChI=1S/C22H18ClNO2S/c1-15-9-11-18(12-10-15)27(25,26)22(16-5-4-6-17(23)13-16)20-14-24-21-8-3-2-7-19(20)21/h2-14,22,24H,1H3. The molecule has 0 aliphatic carbocycles. The Morgan fingerprint density at radius 2 is 1.67 bits per heavy atom. The molecule has 0 saturated heterocycles. The van der Waals surface area contributed by atoms with Crippen molar-refractivity contribution in [1.82, 2.24) is 4.98 Å². The summed E-state index contributed by atoms with van der Waals surface area (Å²) in [5, 5.41) is 0.546. The molecule has 1 heterocycles. The van der Waals surface area contributed by atoms with Crippen LogP contribution in [0.25, 0.3) is 10.9 Å². The number of aromatic amines is 1. The third-order valence-corrected chi connectivity index (χ3v) is 7.03. The Labute approximate surface area is 163 Å². The first-order chi connectivity index (χ1) is 13.0. The summed E-state index contributed by atoms with van der Waals surface area (Å²) in [6, 6.07) is 21.7. The second-order valence-electron chi connectivity index (χ2n) is 6.58. The molecule has 0 spiro atoms. The number of benzene rings is 3. The third kappa shape index (κ3) is 3.27.